The summed E-state index contributed by atoms with van der Waals surface area (Å²) in [4.78, 5) is 22.7. The number of aromatic nitrogens is 2. The first-order valence-electron chi connectivity index (χ1n) is 9.12. The lowest BCUT2D eigenvalue weighted by molar-refractivity contribution is -0.0649. The van der Waals surface area contributed by atoms with E-state index in [4.69, 9.17) is 9.47 Å². The lowest BCUT2D eigenvalue weighted by atomic mass is 9.78. The Hall–Kier alpha value is -1.99. The molecule has 26 heavy (non-hydrogen) atoms. The molecule has 4 rings (SSSR count). The van der Waals surface area contributed by atoms with Gasteiger partial charge >= 0.3 is 0 Å². The van der Waals surface area contributed by atoms with E-state index in [1.54, 1.807) is 11.7 Å². The Bertz CT molecular complexity index is 715. The molecule has 4 heterocycles. The van der Waals surface area contributed by atoms with Gasteiger partial charge < -0.3 is 14.4 Å². The number of thiazole rings is 1. The molecule has 0 radical (unpaired) electrons. The van der Waals surface area contributed by atoms with Gasteiger partial charge in [-0.05, 0) is 37.7 Å². The number of likely N-dealkylation sites (tertiary alicyclic amines) is 1. The van der Waals surface area contributed by atoms with Crippen LogP contribution in [-0.4, -0.2) is 52.7 Å². The first kappa shape index (κ1) is 17.4. The van der Waals surface area contributed by atoms with Gasteiger partial charge in [0.05, 0.1) is 17.7 Å². The summed E-state index contributed by atoms with van der Waals surface area (Å²) in [5.41, 5.74) is 2.15. The molecule has 2 aliphatic heterocycles. The molecule has 0 aliphatic carbocycles. The number of carbonyl (C=O) groups excluding carboxylic acids is 1. The molecule has 6 nitrogen and oxygen atoms in total. The predicted octanol–water partition coefficient (Wildman–Crippen LogP) is 3.02. The Labute approximate surface area is 157 Å². The van der Waals surface area contributed by atoms with Crippen molar-refractivity contribution in [2.45, 2.75) is 31.3 Å². The first-order chi connectivity index (χ1) is 12.8. The van der Waals surface area contributed by atoms with Crippen molar-refractivity contribution >= 4 is 17.2 Å². The summed E-state index contributed by atoms with van der Waals surface area (Å²) in [6, 6.07) is 5.69. The SMILES string of the molecule is O=C(c1cscn1)N1CCC2(CC1)OCC[C@@H]2CCOc1ccccn1. The molecule has 1 amide bonds. The van der Waals surface area contributed by atoms with Gasteiger partial charge in [0.2, 0.25) is 5.88 Å². The van der Waals surface area contributed by atoms with Gasteiger partial charge in [0.1, 0.15) is 5.69 Å². The number of pyridine rings is 1. The molecule has 2 fully saturated rings. The molecule has 0 N–H and O–H groups in total. The van der Waals surface area contributed by atoms with Gasteiger partial charge in [-0.25, -0.2) is 9.97 Å². The molecule has 2 aromatic rings. The van der Waals surface area contributed by atoms with Crippen molar-refractivity contribution in [2.24, 2.45) is 5.92 Å². The van der Waals surface area contributed by atoms with Crippen molar-refractivity contribution < 1.29 is 14.3 Å². The monoisotopic (exact) mass is 373 g/mol. The molecule has 1 spiro atoms. The molecular formula is C19H23N3O3S. The molecule has 0 saturated carbocycles. The normalized spacial score (nSPS) is 21.8. The average Bonchev–Trinajstić information content (AvgIpc) is 3.34. The smallest absolute Gasteiger partial charge is 0.273 e. The van der Waals surface area contributed by atoms with E-state index in [0.29, 0.717) is 24.1 Å². The van der Waals surface area contributed by atoms with E-state index in [9.17, 15) is 4.79 Å². The third kappa shape index (κ3) is 3.59. The fourth-order valence-electron chi connectivity index (χ4n) is 4.05. The highest BCUT2D eigenvalue weighted by atomic mass is 32.1. The van der Waals surface area contributed by atoms with Crippen molar-refractivity contribution in [3.05, 3.63) is 41.0 Å². The zero-order chi connectivity index (χ0) is 17.8. The maximum Gasteiger partial charge on any atom is 0.273 e. The minimum atomic E-state index is -0.105. The van der Waals surface area contributed by atoms with Gasteiger partial charge in [-0.2, -0.15) is 0 Å². The lowest BCUT2D eigenvalue weighted by Crippen LogP contribution is -2.49. The Morgan fingerprint density at radius 1 is 1.35 bits per heavy atom. The second-order valence-corrected chi connectivity index (χ2v) is 7.59. The van der Waals surface area contributed by atoms with E-state index in [2.05, 4.69) is 9.97 Å². The van der Waals surface area contributed by atoms with Crippen LogP contribution in [0.4, 0.5) is 0 Å². The number of nitrogens with zero attached hydrogens (tertiary/aromatic N) is 3. The summed E-state index contributed by atoms with van der Waals surface area (Å²) in [5, 5.41) is 1.82. The van der Waals surface area contributed by atoms with Crippen molar-refractivity contribution in [3.63, 3.8) is 0 Å². The van der Waals surface area contributed by atoms with E-state index in [0.717, 1.165) is 45.4 Å². The third-order valence-electron chi connectivity index (χ3n) is 5.50. The van der Waals surface area contributed by atoms with Crippen molar-refractivity contribution in [3.8, 4) is 5.88 Å². The zero-order valence-corrected chi connectivity index (χ0v) is 15.5. The number of amides is 1. The van der Waals surface area contributed by atoms with E-state index in [1.807, 2.05) is 28.5 Å². The van der Waals surface area contributed by atoms with E-state index in [-0.39, 0.29) is 11.5 Å². The van der Waals surface area contributed by atoms with Gasteiger partial charge in [0, 0.05) is 37.3 Å². The molecule has 2 aliphatic rings. The largest absolute Gasteiger partial charge is 0.478 e. The Kier molecular flexibility index (Phi) is 5.17. The summed E-state index contributed by atoms with van der Waals surface area (Å²) >= 11 is 1.46. The van der Waals surface area contributed by atoms with Crippen LogP contribution < -0.4 is 4.74 Å². The number of rotatable bonds is 5. The van der Waals surface area contributed by atoms with Crippen LogP contribution in [0.25, 0.3) is 0 Å². The fourth-order valence-corrected chi connectivity index (χ4v) is 4.58. The first-order valence-corrected chi connectivity index (χ1v) is 10.1. The number of carbonyl (C=O) groups is 1. The quantitative estimate of drug-likeness (QED) is 0.806. The summed E-state index contributed by atoms with van der Waals surface area (Å²) < 4.78 is 12.0. The predicted molar refractivity (Wildman–Crippen MR) is 98.4 cm³/mol. The number of hydrogen-bond donors (Lipinski definition) is 0. The number of ether oxygens (including phenoxy) is 2. The molecule has 2 aromatic heterocycles. The van der Waals surface area contributed by atoms with E-state index in [1.165, 1.54) is 11.3 Å². The number of hydrogen-bond acceptors (Lipinski definition) is 6. The van der Waals surface area contributed by atoms with Crippen LogP contribution in [0.1, 0.15) is 36.2 Å². The van der Waals surface area contributed by atoms with Gasteiger partial charge in [0.25, 0.3) is 5.91 Å². The summed E-state index contributed by atoms with van der Waals surface area (Å²) in [6.07, 6.45) is 5.53. The molecule has 1 atom stereocenters. The lowest BCUT2D eigenvalue weighted by Gasteiger charge is -2.42. The topological polar surface area (TPSA) is 64.6 Å². The Balaban J connectivity index is 1.31. The fraction of sp³-hybridized carbons (Fsp3) is 0.526. The maximum absolute atomic E-state index is 12.5. The highest BCUT2D eigenvalue weighted by Gasteiger charge is 2.46. The van der Waals surface area contributed by atoms with E-state index < -0.39 is 0 Å². The highest BCUT2D eigenvalue weighted by Crippen LogP contribution is 2.42. The van der Waals surface area contributed by atoms with Crippen LogP contribution in [0.15, 0.2) is 35.3 Å². The number of piperidine rings is 1. The molecular weight excluding hydrogens is 350 g/mol. The maximum atomic E-state index is 12.5. The summed E-state index contributed by atoms with van der Waals surface area (Å²) in [7, 11) is 0. The minimum Gasteiger partial charge on any atom is -0.478 e. The molecule has 2 saturated heterocycles. The van der Waals surface area contributed by atoms with Crippen molar-refractivity contribution in [2.75, 3.05) is 26.3 Å². The molecule has 0 unspecified atom stereocenters. The van der Waals surface area contributed by atoms with Crippen LogP contribution in [0.3, 0.4) is 0 Å². The van der Waals surface area contributed by atoms with Gasteiger partial charge in [-0.1, -0.05) is 6.07 Å². The minimum absolute atomic E-state index is 0.0362. The standard InChI is InChI=1S/C19H23N3O3S/c23-18(16-13-26-14-21-16)22-9-6-19(7-10-22)15(5-12-25-19)4-11-24-17-3-1-2-8-20-17/h1-3,8,13-15H,4-7,9-12H2/t15-/m0/s1. The van der Waals surface area contributed by atoms with Crippen LogP contribution in [-0.2, 0) is 4.74 Å². The molecule has 7 heteroatoms. The van der Waals surface area contributed by atoms with Crippen LogP contribution in [0, 0.1) is 5.92 Å². The second kappa shape index (κ2) is 7.72. The van der Waals surface area contributed by atoms with Gasteiger partial charge in [0.15, 0.2) is 0 Å². The van der Waals surface area contributed by atoms with Crippen LogP contribution >= 0.6 is 11.3 Å². The van der Waals surface area contributed by atoms with Gasteiger partial charge in [-0.15, -0.1) is 11.3 Å². The summed E-state index contributed by atoms with van der Waals surface area (Å²) in [6.45, 7) is 2.91. The summed E-state index contributed by atoms with van der Waals surface area (Å²) in [5.74, 6) is 1.18. The van der Waals surface area contributed by atoms with Crippen molar-refractivity contribution in [1.82, 2.24) is 14.9 Å². The second-order valence-electron chi connectivity index (χ2n) is 6.87. The molecule has 138 valence electrons. The Morgan fingerprint density at radius 2 is 2.23 bits per heavy atom. The molecule has 0 aromatic carbocycles. The van der Waals surface area contributed by atoms with Crippen molar-refractivity contribution in [1.29, 1.82) is 0 Å². The Morgan fingerprint density at radius 3 is 2.96 bits per heavy atom. The zero-order valence-electron chi connectivity index (χ0n) is 14.7. The van der Waals surface area contributed by atoms with E-state index >= 15 is 0 Å². The average molecular weight is 373 g/mol. The van der Waals surface area contributed by atoms with Gasteiger partial charge in [-0.3, -0.25) is 4.79 Å². The molecule has 0 bridgehead atoms. The van der Waals surface area contributed by atoms with Crippen LogP contribution in [0.2, 0.25) is 0 Å². The third-order valence-corrected chi connectivity index (χ3v) is 6.09. The highest BCUT2D eigenvalue weighted by molar-refractivity contribution is 7.07. The van der Waals surface area contributed by atoms with Crippen LogP contribution in [0.5, 0.6) is 5.88 Å².